The first-order chi connectivity index (χ1) is 18.3. The summed E-state index contributed by atoms with van der Waals surface area (Å²) >= 11 is 0. The molecule has 1 aliphatic carbocycles. The second-order valence-corrected chi connectivity index (χ2v) is 10.9. The fourth-order valence-corrected chi connectivity index (χ4v) is 5.04. The van der Waals surface area contributed by atoms with Gasteiger partial charge in [0.1, 0.15) is 11.9 Å². The number of anilines is 1. The maximum atomic E-state index is 13.4. The second-order valence-electron chi connectivity index (χ2n) is 10.9. The van der Waals surface area contributed by atoms with Gasteiger partial charge in [0.2, 0.25) is 18.6 Å². The molecule has 0 spiro atoms. The standard InChI is InChI=1S/C29H37N3O6/c1-18-13-32(19(2)16-33)28(34)12-22-11-23(30-29(35)21-5-6-21)7-9-24(22)38-27(18)15-31(3)14-20-4-8-25-26(10-20)37-17-36-25/h4,7-11,18-19,21,27,33H,5-6,12-17H2,1-3H3,(H,30,35)/t18-,19+,27-/m0/s1. The molecule has 1 fully saturated rings. The van der Waals surface area contributed by atoms with Gasteiger partial charge in [-0.3, -0.25) is 14.5 Å². The Bertz CT molecular complexity index is 1180. The number of rotatable bonds is 8. The lowest BCUT2D eigenvalue weighted by Crippen LogP contribution is -2.47. The molecule has 9 heteroatoms. The summed E-state index contributed by atoms with van der Waals surface area (Å²) < 4.78 is 17.6. The van der Waals surface area contributed by atoms with E-state index in [2.05, 4.69) is 17.1 Å². The molecule has 0 bridgehead atoms. The van der Waals surface area contributed by atoms with E-state index in [0.29, 0.717) is 31.1 Å². The van der Waals surface area contributed by atoms with Crippen LogP contribution in [0, 0.1) is 11.8 Å². The first-order valence-corrected chi connectivity index (χ1v) is 13.4. The first kappa shape index (κ1) is 26.3. The normalized spacial score (nSPS) is 21.7. The van der Waals surface area contributed by atoms with Gasteiger partial charge in [0.05, 0.1) is 19.1 Å². The van der Waals surface area contributed by atoms with E-state index in [4.69, 9.17) is 14.2 Å². The van der Waals surface area contributed by atoms with Gasteiger partial charge in [0, 0.05) is 42.7 Å². The number of fused-ring (bicyclic) bond motifs is 2. The minimum atomic E-state index is -0.309. The highest BCUT2D eigenvalue weighted by atomic mass is 16.7. The molecule has 5 rings (SSSR count). The number of aliphatic hydroxyl groups excluding tert-OH is 1. The number of carbonyl (C=O) groups excluding carboxylic acids is 2. The molecule has 2 amide bonds. The van der Waals surface area contributed by atoms with Crippen LogP contribution in [-0.4, -0.2) is 72.4 Å². The molecular formula is C29H37N3O6. The predicted octanol–water partition coefficient (Wildman–Crippen LogP) is 3.04. The molecule has 2 heterocycles. The molecule has 0 radical (unpaired) electrons. The van der Waals surface area contributed by atoms with E-state index >= 15 is 0 Å². The number of hydrogen-bond acceptors (Lipinski definition) is 7. The van der Waals surface area contributed by atoms with Crippen molar-refractivity contribution in [1.29, 1.82) is 0 Å². The number of nitrogens with zero attached hydrogens (tertiary/aromatic N) is 2. The van der Waals surface area contributed by atoms with Gasteiger partial charge >= 0.3 is 0 Å². The van der Waals surface area contributed by atoms with E-state index in [0.717, 1.165) is 35.5 Å². The van der Waals surface area contributed by atoms with Gasteiger partial charge in [0.25, 0.3) is 0 Å². The molecule has 1 saturated carbocycles. The van der Waals surface area contributed by atoms with Crippen LogP contribution in [0.3, 0.4) is 0 Å². The molecule has 0 saturated heterocycles. The number of amides is 2. The Morgan fingerprint density at radius 3 is 2.68 bits per heavy atom. The minimum absolute atomic E-state index is 0.00681. The van der Waals surface area contributed by atoms with Gasteiger partial charge in [-0.15, -0.1) is 0 Å². The number of nitrogens with one attached hydrogen (secondary N) is 1. The number of ether oxygens (including phenoxy) is 3. The largest absolute Gasteiger partial charge is 0.488 e. The first-order valence-electron chi connectivity index (χ1n) is 13.4. The molecule has 2 aromatic rings. The van der Waals surface area contributed by atoms with Crippen molar-refractivity contribution in [1.82, 2.24) is 9.80 Å². The summed E-state index contributed by atoms with van der Waals surface area (Å²) in [5.41, 5.74) is 2.51. The van der Waals surface area contributed by atoms with E-state index in [1.807, 2.05) is 50.4 Å². The van der Waals surface area contributed by atoms with Crippen LogP contribution in [-0.2, 0) is 22.6 Å². The van der Waals surface area contributed by atoms with Crippen LogP contribution in [0.25, 0.3) is 0 Å². The quantitative estimate of drug-likeness (QED) is 0.549. The average molecular weight is 524 g/mol. The highest BCUT2D eigenvalue weighted by molar-refractivity contribution is 5.94. The Morgan fingerprint density at radius 2 is 1.92 bits per heavy atom. The van der Waals surface area contributed by atoms with Crippen LogP contribution in [0.4, 0.5) is 5.69 Å². The van der Waals surface area contributed by atoms with Gasteiger partial charge in [0.15, 0.2) is 11.5 Å². The van der Waals surface area contributed by atoms with Crippen molar-refractivity contribution in [3.63, 3.8) is 0 Å². The molecule has 0 unspecified atom stereocenters. The monoisotopic (exact) mass is 523 g/mol. The summed E-state index contributed by atoms with van der Waals surface area (Å²) in [6.07, 6.45) is 1.77. The summed E-state index contributed by atoms with van der Waals surface area (Å²) in [6, 6.07) is 11.2. The number of benzene rings is 2. The number of hydrogen-bond donors (Lipinski definition) is 2. The van der Waals surface area contributed by atoms with Crippen LogP contribution in [0.15, 0.2) is 36.4 Å². The smallest absolute Gasteiger partial charge is 0.231 e. The molecule has 38 heavy (non-hydrogen) atoms. The Morgan fingerprint density at radius 1 is 1.16 bits per heavy atom. The zero-order valence-corrected chi connectivity index (χ0v) is 22.3. The summed E-state index contributed by atoms with van der Waals surface area (Å²) in [4.78, 5) is 29.7. The van der Waals surface area contributed by atoms with Crippen LogP contribution < -0.4 is 19.5 Å². The number of aliphatic hydroxyl groups is 1. The lowest BCUT2D eigenvalue weighted by atomic mass is 10.0. The highest BCUT2D eigenvalue weighted by Gasteiger charge is 2.32. The summed E-state index contributed by atoms with van der Waals surface area (Å²) in [7, 11) is 2.05. The SMILES string of the molecule is C[C@H](CO)N1C[C@H](C)[C@H](CN(C)Cc2ccc3c(c2)OCO3)Oc2ccc(NC(=O)C3CC3)cc2CC1=O. The summed E-state index contributed by atoms with van der Waals surface area (Å²) in [5.74, 6) is 2.22. The van der Waals surface area contributed by atoms with Crippen molar-refractivity contribution in [3.05, 3.63) is 47.5 Å². The van der Waals surface area contributed by atoms with E-state index in [9.17, 15) is 14.7 Å². The van der Waals surface area contributed by atoms with Gasteiger partial charge in [-0.25, -0.2) is 0 Å². The Labute approximate surface area is 223 Å². The maximum absolute atomic E-state index is 13.4. The van der Waals surface area contributed by atoms with Crippen LogP contribution in [0.1, 0.15) is 37.8 Å². The fraction of sp³-hybridized carbons (Fsp3) is 0.517. The Kier molecular flexibility index (Phi) is 7.76. The van der Waals surface area contributed by atoms with Crippen LogP contribution in [0.5, 0.6) is 17.2 Å². The van der Waals surface area contributed by atoms with Gasteiger partial charge in [-0.05, 0) is 62.7 Å². The molecule has 0 aromatic heterocycles. The van der Waals surface area contributed by atoms with Crippen molar-refractivity contribution >= 4 is 17.5 Å². The van der Waals surface area contributed by atoms with Gasteiger partial charge in [-0.1, -0.05) is 13.0 Å². The summed E-state index contributed by atoms with van der Waals surface area (Å²) in [5, 5.41) is 12.8. The molecule has 3 atom stereocenters. The van der Waals surface area contributed by atoms with E-state index in [1.54, 1.807) is 4.90 Å². The zero-order valence-electron chi connectivity index (χ0n) is 22.3. The summed E-state index contributed by atoms with van der Waals surface area (Å²) in [6.45, 7) is 5.87. The van der Waals surface area contributed by atoms with Crippen molar-refractivity contribution < 1.29 is 28.9 Å². The Hall–Kier alpha value is -3.30. The molecule has 204 valence electrons. The predicted molar refractivity (Wildman–Crippen MR) is 142 cm³/mol. The Balaban J connectivity index is 1.37. The highest BCUT2D eigenvalue weighted by Crippen LogP contribution is 2.34. The van der Waals surface area contributed by atoms with Crippen LogP contribution in [0.2, 0.25) is 0 Å². The fourth-order valence-electron chi connectivity index (χ4n) is 5.04. The van der Waals surface area contributed by atoms with Crippen molar-refractivity contribution in [3.8, 4) is 17.2 Å². The molecule has 2 aliphatic heterocycles. The van der Waals surface area contributed by atoms with Gasteiger partial charge < -0.3 is 29.5 Å². The molecule has 2 N–H and O–H groups in total. The minimum Gasteiger partial charge on any atom is -0.488 e. The van der Waals surface area contributed by atoms with Crippen molar-refractivity contribution in [2.24, 2.45) is 11.8 Å². The molecule has 2 aromatic carbocycles. The molecule has 3 aliphatic rings. The average Bonchev–Trinajstić information content (AvgIpc) is 3.64. The third kappa shape index (κ3) is 6.05. The van der Waals surface area contributed by atoms with Gasteiger partial charge in [-0.2, -0.15) is 0 Å². The topological polar surface area (TPSA) is 101 Å². The van der Waals surface area contributed by atoms with Crippen LogP contribution >= 0.6 is 0 Å². The lowest BCUT2D eigenvalue weighted by Gasteiger charge is -2.34. The maximum Gasteiger partial charge on any atom is 0.231 e. The second kappa shape index (κ2) is 11.2. The lowest BCUT2D eigenvalue weighted by molar-refractivity contribution is -0.134. The zero-order chi connectivity index (χ0) is 26.8. The van der Waals surface area contributed by atoms with Crippen molar-refractivity contribution in [2.75, 3.05) is 38.9 Å². The van der Waals surface area contributed by atoms with Crippen molar-refractivity contribution in [2.45, 2.75) is 51.8 Å². The number of carbonyl (C=O) groups is 2. The van der Waals surface area contributed by atoms with E-state index in [-0.39, 0.29) is 55.6 Å². The molecular weight excluding hydrogens is 486 g/mol. The third-order valence-corrected chi connectivity index (χ3v) is 7.51. The number of likely N-dealkylation sites (N-methyl/N-ethyl adjacent to an activating group) is 1. The van der Waals surface area contributed by atoms with E-state index in [1.165, 1.54) is 0 Å². The third-order valence-electron chi connectivity index (χ3n) is 7.51. The molecule has 9 nitrogen and oxygen atoms in total. The van der Waals surface area contributed by atoms with E-state index < -0.39 is 0 Å².